The highest BCUT2D eigenvalue weighted by atomic mass is 35.5. The van der Waals surface area contributed by atoms with Gasteiger partial charge in [0.05, 0.1) is 15.6 Å². The highest BCUT2D eigenvalue weighted by Gasteiger charge is 2.26. The van der Waals surface area contributed by atoms with E-state index in [-0.39, 0.29) is 17.7 Å². The molecule has 1 aliphatic heterocycles. The quantitative estimate of drug-likeness (QED) is 0.345. The van der Waals surface area contributed by atoms with E-state index in [1.54, 1.807) is 23.1 Å². The van der Waals surface area contributed by atoms with Crippen molar-refractivity contribution in [1.29, 1.82) is 0 Å². The van der Waals surface area contributed by atoms with E-state index in [0.29, 0.717) is 48.2 Å². The highest BCUT2D eigenvalue weighted by Crippen LogP contribution is 2.29. The lowest BCUT2D eigenvalue weighted by molar-refractivity contribution is -0.119. The summed E-state index contributed by atoms with van der Waals surface area (Å²) in [6, 6.07) is 23.3. The van der Waals surface area contributed by atoms with Crippen molar-refractivity contribution in [3.05, 3.63) is 99.5 Å². The molecule has 0 aromatic heterocycles. The van der Waals surface area contributed by atoms with Crippen molar-refractivity contribution >= 4 is 40.7 Å². The van der Waals surface area contributed by atoms with Gasteiger partial charge in [0.25, 0.3) is 5.91 Å². The van der Waals surface area contributed by atoms with Crippen molar-refractivity contribution < 1.29 is 9.59 Å². The fourth-order valence-corrected chi connectivity index (χ4v) is 5.45. The third kappa shape index (κ3) is 7.16. The molecule has 2 amide bonds. The van der Waals surface area contributed by atoms with Gasteiger partial charge in [0.2, 0.25) is 5.91 Å². The summed E-state index contributed by atoms with van der Waals surface area (Å²) in [7, 11) is 0. The van der Waals surface area contributed by atoms with E-state index in [9.17, 15) is 9.59 Å². The molecule has 38 heavy (non-hydrogen) atoms. The van der Waals surface area contributed by atoms with E-state index in [2.05, 4.69) is 30.9 Å². The Morgan fingerprint density at radius 2 is 1.50 bits per heavy atom. The average molecular weight is 553 g/mol. The number of hydrogen-bond acceptors (Lipinski definition) is 3. The second-order valence-corrected chi connectivity index (χ2v) is 11.0. The predicted molar refractivity (Wildman–Crippen MR) is 156 cm³/mol. The van der Waals surface area contributed by atoms with E-state index >= 15 is 0 Å². The summed E-state index contributed by atoms with van der Waals surface area (Å²) in [5.41, 5.74) is 3.31. The first-order chi connectivity index (χ1) is 18.3. The zero-order valence-electron chi connectivity index (χ0n) is 22.1. The minimum Gasteiger partial charge on any atom is -0.333 e. The molecule has 0 spiro atoms. The minimum atomic E-state index is -0.214. The van der Waals surface area contributed by atoms with Gasteiger partial charge in [0.15, 0.2) is 0 Å². The van der Waals surface area contributed by atoms with Crippen molar-refractivity contribution in [2.45, 2.75) is 39.8 Å². The largest absolute Gasteiger partial charge is 0.333 e. The van der Waals surface area contributed by atoms with Gasteiger partial charge in [-0.05, 0) is 41.7 Å². The maximum atomic E-state index is 13.9. The lowest BCUT2D eigenvalue weighted by atomic mass is 10.1. The number of anilines is 1. The molecule has 0 atom stereocenters. The third-order valence-electron chi connectivity index (χ3n) is 6.78. The summed E-state index contributed by atoms with van der Waals surface area (Å²) in [6.45, 7) is 7.85. The Balaban J connectivity index is 1.71. The molecular formula is C31H35Cl2N3O2. The molecule has 0 bridgehead atoms. The summed E-state index contributed by atoms with van der Waals surface area (Å²) < 4.78 is 0. The number of carbonyl (C=O) groups excluding carboxylic acids is 2. The summed E-state index contributed by atoms with van der Waals surface area (Å²) in [5, 5.41) is 0.667. The van der Waals surface area contributed by atoms with E-state index in [0.717, 1.165) is 30.8 Å². The Kier molecular flexibility index (Phi) is 9.84. The Hall–Kier alpha value is -2.86. The van der Waals surface area contributed by atoms with E-state index < -0.39 is 0 Å². The number of hydrogen-bond donors (Lipinski definition) is 0. The minimum absolute atomic E-state index is 0.105. The van der Waals surface area contributed by atoms with Crippen LogP contribution in [0.15, 0.2) is 72.8 Å². The fraction of sp³-hybridized carbons (Fsp3) is 0.355. The number of rotatable bonds is 5. The standard InChI is InChI=1S/C31H35Cl2N3O2/c1-23(2)20-29(37)36-17-9-16-34(21-24-10-4-3-5-11-24)18-19-35(22-25-12-6-7-15-28(25)36)31(38)30-26(32)13-8-14-27(30)33/h3-8,10-15,23H,9,16-22H2,1-2H3. The van der Waals surface area contributed by atoms with Gasteiger partial charge in [-0.2, -0.15) is 0 Å². The lowest BCUT2D eigenvalue weighted by Gasteiger charge is -2.29. The molecular weight excluding hydrogens is 517 g/mol. The van der Waals surface area contributed by atoms with Crippen LogP contribution in [0.5, 0.6) is 0 Å². The van der Waals surface area contributed by atoms with Gasteiger partial charge < -0.3 is 9.80 Å². The molecule has 4 rings (SSSR count). The van der Waals surface area contributed by atoms with Crippen LogP contribution in [0.25, 0.3) is 0 Å². The molecule has 7 heteroatoms. The fourth-order valence-electron chi connectivity index (χ4n) is 4.89. The molecule has 200 valence electrons. The Morgan fingerprint density at radius 3 is 2.21 bits per heavy atom. The maximum Gasteiger partial charge on any atom is 0.257 e. The van der Waals surface area contributed by atoms with Crippen LogP contribution >= 0.6 is 23.2 Å². The van der Waals surface area contributed by atoms with Crippen LogP contribution in [-0.2, 0) is 17.9 Å². The first-order valence-electron chi connectivity index (χ1n) is 13.2. The first kappa shape index (κ1) is 28.2. The number of nitrogens with zero attached hydrogens (tertiary/aromatic N) is 3. The predicted octanol–water partition coefficient (Wildman–Crippen LogP) is 6.92. The SMILES string of the molecule is CC(C)CC(=O)N1CCCN(Cc2ccccc2)CCN(C(=O)c2c(Cl)cccc2Cl)Cc2ccccc21. The smallest absolute Gasteiger partial charge is 0.257 e. The van der Waals surface area contributed by atoms with Crippen molar-refractivity contribution in [2.75, 3.05) is 31.1 Å². The summed E-state index contributed by atoms with van der Waals surface area (Å²) in [5.74, 6) is 0.144. The third-order valence-corrected chi connectivity index (χ3v) is 7.41. The van der Waals surface area contributed by atoms with E-state index in [4.69, 9.17) is 23.2 Å². The van der Waals surface area contributed by atoms with Crippen molar-refractivity contribution in [3.8, 4) is 0 Å². The zero-order chi connectivity index (χ0) is 27.1. The second-order valence-electron chi connectivity index (χ2n) is 10.2. The molecule has 5 nitrogen and oxygen atoms in total. The molecule has 1 heterocycles. The van der Waals surface area contributed by atoms with E-state index in [1.807, 2.05) is 47.4 Å². The highest BCUT2D eigenvalue weighted by molar-refractivity contribution is 6.39. The zero-order valence-corrected chi connectivity index (χ0v) is 23.6. The monoisotopic (exact) mass is 551 g/mol. The molecule has 1 aliphatic rings. The summed E-state index contributed by atoms with van der Waals surface area (Å²) >= 11 is 12.9. The van der Waals surface area contributed by atoms with Crippen LogP contribution in [0, 0.1) is 5.92 Å². The molecule has 3 aromatic rings. The van der Waals surface area contributed by atoms with Crippen LogP contribution < -0.4 is 4.90 Å². The molecule has 3 aromatic carbocycles. The van der Waals surface area contributed by atoms with Crippen LogP contribution in [0.1, 0.15) is 48.2 Å². The lowest BCUT2D eigenvalue weighted by Crippen LogP contribution is -2.38. The molecule has 0 N–H and O–H groups in total. The van der Waals surface area contributed by atoms with Crippen LogP contribution in [-0.4, -0.2) is 47.8 Å². The van der Waals surface area contributed by atoms with Crippen LogP contribution in [0.3, 0.4) is 0 Å². The Bertz CT molecular complexity index is 1230. The number of benzene rings is 3. The molecule has 0 aliphatic carbocycles. The number of fused-ring (bicyclic) bond motifs is 1. The van der Waals surface area contributed by atoms with Gasteiger partial charge in [0, 0.05) is 51.4 Å². The van der Waals surface area contributed by atoms with Gasteiger partial charge in [-0.25, -0.2) is 0 Å². The number of para-hydroxylation sites is 1. The summed E-state index contributed by atoms with van der Waals surface area (Å²) in [6.07, 6.45) is 1.30. The number of amides is 2. The normalized spacial score (nSPS) is 15.2. The number of carbonyl (C=O) groups is 2. The maximum absolute atomic E-state index is 13.9. The van der Waals surface area contributed by atoms with Crippen LogP contribution in [0.4, 0.5) is 5.69 Å². The van der Waals surface area contributed by atoms with Gasteiger partial charge in [-0.3, -0.25) is 14.5 Å². The molecule has 0 fully saturated rings. The molecule has 0 saturated heterocycles. The number of halogens is 2. The van der Waals surface area contributed by atoms with Gasteiger partial charge in [-0.1, -0.05) is 91.6 Å². The van der Waals surface area contributed by atoms with Gasteiger partial charge in [0.1, 0.15) is 0 Å². The topological polar surface area (TPSA) is 43.9 Å². The van der Waals surface area contributed by atoms with Gasteiger partial charge >= 0.3 is 0 Å². The van der Waals surface area contributed by atoms with Crippen molar-refractivity contribution in [3.63, 3.8) is 0 Å². The Labute approximate surface area is 235 Å². The first-order valence-corrected chi connectivity index (χ1v) is 14.0. The van der Waals surface area contributed by atoms with Crippen molar-refractivity contribution in [2.24, 2.45) is 5.92 Å². The summed E-state index contributed by atoms with van der Waals surface area (Å²) in [4.78, 5) is 33.4. The second kappa shape index (κ2) is 13.3. The van der Waals surface area contributed by atoms with Crippen LogP contribution in [0.2, 0.25) is 10.0 Å². The average Bonchev–Trinajstić information content (AvgIpc) is 2.92. The van der Waals surface area contributed by atoms with Crippen molar-refractivity contribution in [1.82, 2.24) is 9.80 Å². The van der Waals surface area contributed by atoms with Gasteiger partial charge in [-0.15, -0.1) is 0 Å². The molecule has 0 radical (unpaired) electrons. The molecule has 0 unspecified atom stereocenters. The Morgan fingerprint density at radius 1 is 0.816 bits per heavy atom. The molecule has 0 saturated carbocycles. The van der Waals surface area contributed by atoms with E-state index in [1.165, 1.54) is 5.56 Å².